The van der Waals surface area contributed by atoms with Crippen LogP contribution in [-0.4, -0.2) is 34.9 Å². The molecule has 0 radical (unpaired) electrons. The summed E-state index contributed by atoms with van der Waals surface area (Å²) in [6.07, 6.45) is 1.11. The van der Waals surface area contributed by atoms with Gasteiger partial charge in [0.05, 0.1) is 7.11 Å². The van der Waals surface area contributed by atoms with E-state index in [-0.39, 0.29) is 18.7 Å². The Labute approximate surface area is 167 Å². The smallest absolute Gasteiger partial charge is 0.249 e. The van der Waals surface area contributed by atoms with Crippen LogP contribution in [-0.2, 0) is 11.3 Å². The van der Waals surface area contributed by atoms with Gasteiger partial charge in [0.2, 0.25) is 24.4 Å². The normalized spacial score (nSPS) is 17.8. The highest BCUT2D eigenvalue weighted by Crippen LogP contribution is 2.37. The maximum Gasteiger partial charge on any atom is 0.249 e. The van der Waals surface area contributed by atoms with Crippen LogP contribution in [0.2, 0.25) is 0 Å². The molecular formula is C21H19N3O5. The topological polar surface area (TPSA) is 86.9 Å². The van der Waals surface area contributed by atoms with Crippen LogP contribution in [0.1, 0.15) is 30.3 Å². The van der Waals surface area contributed by atoms with Crippen molar-refractivity contribution in [2.75, 3.05) is 13.9 Å². The first-order valence-corrected chi connectivity index (χ1v) is 9.37. The third kappa shape index (κ3) is 3.26. The zero-order valence-electron chi connectivity index (χ0n) is 15.8. The molecule has 0 aliphatic carbocycles. The standard InChI is InChI=1S/C21H19N3O5/c1-26-15-5-2-13(3-6-15)11-24-16(7-9-19(24)25)21-22-20(23-29-21)14-4-8-17-18(10-14)28-12-27-17/h2-6,8,10,16H,7,9,11-12H2,1H3. The van der Waals surface area contributed by atoms with Crippen LogP contribution < -0.4 is 14.2 Å². The minimum atomic E-state index is -0.236. The fraction of sp³-hybridized carbons (Fsp3) is 0.286. The second kappa shape index (κ2) is 7.12. The first-order chi connectivity index (χ1) is 14.2. The van der Waals surface area contributed by atoms with Crippen molar-refractivity contribution in [2.45, 2.75) is 25.4 Å². The van der Waals surface area contributed by atoms with E-state index >= 15 is 0 Å². The lowest BCUT2D eigenvalue weighted by atomic mass is 10.1. The molecule has 5 rings (SSSR count). The lowest BCUT2D eigenvalue weighted by Crippen LogP contribution is -2.27. The van der Waals surface area contributed by atoms with E-state index in [9.17, 15) is 4.79 Å². The number of benzene rings is 2. The van der Waals surface area contributed by atoms with Gasteiger partial charge in [-0.15, -0.1) is 0 Å². The van der Waals surface area contributed by atoms with E-state index < -0.39 is 0 Å². The molecule has 1 unspecified atom stereocenters. The van der Waals surface area contributed by atoms with Crippen LogP contribution >= 0.6 is 0 Å². The molecule has 1 fully saturated rings. The molecule has 1 aromatic heterocycles. The number of nitrogens with zero attached hydrogens (tertiary/aromatic N) is 3. The number of ether oxygens (including phenoxy) is 3. The van der Waals surface area contributed by atoms with Crippen LogP contribution in [0.15, 0.2) is 47.0 Å². The number of fused-ring (bicyclic) bond motifs is 1. The summed E-state index contributed by atoms with van der Waals surface area (Å²) in [7, 11) is 1.63. The molecule has 29 heavy (non-hydrogen) atoms. The third-order valence-electron chi connectivity index (χ3n) is 5.20. The number of carbonyl (C=O) groups is 1. The lowest BCUT2D eigenvalue weighted by Gasteiger charge is -2.22. The summed E-state index contributed by atoms with van der Waals surface area (Å²) in [4.78, 5) is 18.8. The summed E-state index contributed by atoms with van der Waals surface area (Å²) in [6.45, 7) is 0.690. The van der Waals surface area contributed by atoms with E-state index in [1.165, 1.54) is 0 Å². The Morgan fingerprint density at radius 2 is 1.97 bits per heavy atom. The zero-order chi connectivity index (χ0) is 19.8. The highest BCUT2D eigenvalue weighted by molar-refractivity contribution is 5.79. The predicted octanol–water partition coefficient (Wildman–Crippen LogP) is 3.34. The van der Waals surface area contributed by atoms with Crippen molar-refractivity contribution < 1.29 is 23.5 Å². The lowest BCUT2D eigenvalue weighted by molar-refractivity contribution is -0.129. The van der Waals surface area contributed by atoms with E-state index in [0.717, 1.165) is 16.9 Å². The summed E-state index contributed by atoms with van der Waals surface area (Å²) >= 11 is 0. The number of amides is 1. The van der Waals surface area contributed by atoms with Crippen molar-refractivity contribution in [1.29, 1.82) is 0 Å². The molecule has 2 aliphatic heterocycles. The van der Waals surface area contributed by atoms with Crippen molar-refractivity contribution in [1.82, 2.24) is 15.0 Å². The Morgan fingerprint density at radius 1 is 1.14 bits per heavy atom. The van der Waals surface area contributed by atoms with Crippen molar-refractivity contribution in [3.8, 4) is 28.6 Å². The molecule has 1 amide bonds. The average molecular weight is 393 g/mol. The molecule has 2 aromatic carbocycles. The van der Waals surface area contributed by atoms with Gasteiger partial charge in [-0.05, 0) is 42.3 Å². The maximum absolute atomic E-state index is 12.5. The summed E-state index contributed by atoms with van der Waals surface area (Å²) in [5.74, 6) is 3.12. The number of likely N-dealkylation sites (tertiary alicyclic amines) is 1. The highest BCUT2D eigenvalue weighted by Gasteiger charge is 2.36. The molecule has 8 nitrogen and oxygen atoms in total. The molecule has 2 aliphatic rings. The van der Waals surface area contributed by atoms with Gasteiger partial charge < -0.3 is 23.6 Å². The first-order valence-electron chi connectivity index (χ1n) is 9.37. The van der Waals surface area contributed by atoms with Gasteiger partial charge in [-0.25, -0.2) is 0 Å². The van der Waals surface area contributed by atoms with E-state index in [2.05, 4.69) is 10.1 Å². The number of hydrogen-bond donors (Lipinski definition) is 0. The van der Waals surface area contributed by atoms with Crippen molar-refractivity contribution in [3.05, 3.63) is 53.9 Å². The van der Waals surface area contributed by atoms with Crippen LogP contribution in [0.5, 0.6) is 17.2 Å². The third-order valence-corrected chi connectivity index (χ3v) is 5.20. The second-order valence-electron chi connectivity index (χ2n) is 6.95. The molecular weight excluding hydrogens is 374 g/mol. The van der Waals surface area contributed by atoms with Gasteiger partial charge in [0.15, 0.2) is 11.5 Å². The molecule has 3 heterocycles. The fourth-order valence-corrected chi connectivity index (χ4v) is 3.64. The van der Waals surface area contributed by atoms with Gasteiger partial charge in [-0.2, -0.15) is 4.98 Å². The molecule has 0 bridgehead atoms. The van der Waals surface area contributed by atoms with Crippen LogP contribution in [0, 0.1) is 0 Å². The minimum absolute atomic E-state index is 0.0775. The Balaban J connectivity index is 1.37. The molecule has 148 valence electrons. The molecule has 8 heteroatoms. The van der Waals surface area contributed by atoms with Crippen molar-refractivity contribution in [2.24, 2.45) is 0 Å². The number of rotatable bonds is 5. The highest BCUT2D eigenvalue weighted by atomic mass is 16.7. The van der Waals surface area contributed by atoms with E-state index in [4.69, 9.17) is 18.7 Å². The average Bonchev–Trinajstić information content (AvgIpc) is 3.48. The molecule has 0 spiro atoms. The van der Waals surface area contributed by atoms with E-state index in [1.807, 2.05) is 42.5 Å². The molecule has 1 saturated heterocycles. The molecule has 0 N–H and O–H groups in total. The summed E-state index contributed by atoms with van der Waals surface area (Å²) in [5.41, 5.74) is 1.79. The fourth-order valence-electron chi connectivity index (χ4n) is 3.64. The van der Waals surface area contributed by atoms with Gasteiger partial charge >= 0.3 is 0 Å². The number of carbonyl (C=O) groups excluding carboxylic acids is 1. The second-order valence-corrected chi connectivity index (χ2v) is 6.95. The molecule has 0 saturated carbocycles. The molecule has 1 atom stereocenters. The number of hydrogen-bond acceptors (Lipinski definition) is 7. The minimum Gasteiger partial charge on any atom is -0.497 e. The monoisotopic (exact) mass is 393 g/mol. The van der Waals surface area contributed by atoms with E-state index in [1.54, 1.807) is 12.0 Å². The van der Waals surface area contributed by atoms with Gasteiger partial charge in [-0.3, -0.25) is 4.79 Å². The predicted molar refractivity (Wildman–Crippen MR) is 101 cm³/mol. The Bertz CT molecular complexity index is 1050. The largest absolute Gasteiger partial charge is 0.497 e. The Kier molecular flexibility index (Phi) is 4.31. The number of methoxy groups -OCH3 is 1. The zero-order valence-corrected chi connectivity index (χ0v) is 15.8. The van der Waals surface area contributed by atoms with Gasteiger partial charge in [0.1, 0.15) is 11.8 Å². The molecule has 3 aromatic rings. The van der Waals surface area contributed by atoms with Gasteiger partial charge in [-0.1, -0.05) is 17.3 Å². The van der Waals surface area contributed by atoms with E-state index in [0.29, 0.717) is 42.6 Å². The Morgan fingerprint density at radius 3 is 2.79 bits per heavy atom. The van der Waals surface area contributed by atoms with Crippen LogP contribution in [0.4, 0.5) is 0 Å². The summed E-state index contributed by atoms with van der Waals surface area (Å²) < 4.78 is 21.5. The van der Waals surface area contributed by atoms with Crippen molar-refractivity contribution in [3.63, 3.8) is 0 Å². The summed E-state index contributed by atoms with van der Waals surface area (Å²) in [6, 6.07) is 12.9. The quantitative estimate of drug-likeness (QED) is 0.657. The van der Waals surface area contributed by atoms with Gasteiger partial charge in [0, 0.05) is 18.5 Å². The van der Waals surface area contributed by atoms with Crippen LogP contribution in [0.3, 0.4) is 0 Å². The number of aromatic nitrogens is 2. The first kappa shape index (κ1) is 17.5. The van der Waals surface area contributed by atoms with Gasteiger partial charge in [0.25, 0.3) is 0 Å². The van der Waals surface area contributed by atoms with Crippen molar-refractivity contribution >= 4 is 5.91 Å². The SMILES string of the molecule is COc1ccc(CN2C(=O)CCC2c2nc(-c3ccc4c(c3)OCO4)no2)cc1. The Hall–Kier alpha value is -3.55. The summed E-state index contributed by atoms with van der Waals surface area (Å²) in [5, 5.41) is 4.11. The van der Waals surface area contributed by atoms with Crippen LogP contribution in [0.25, 0.3) is 11.4 Å². The maximum atomic E-state index is 12.5.